The van der Waals surface area contributed by atoms with Gasteiger partial charge >= 0.3 is 0 Å². The molecule has 1 aliphatic rings. The van der Waals surface area contributed by atoms with Gasteiger partial charge in [0.05, 0.1) is 20.0 Å². The molecule has 9 heteroatoms. The van der Waals surface area contributed by atoms with E-state index in [1.54, 1.807) is 25.3 Å². The van der Waals surface area contributed by atoms with Gasteiger partial charge in [0.2, 0.25) is 5.91 Å². The van der Waals surface area contributed by atoms with Gasteiger partial charge in [0.1, 0.15) is 10.7 Å². The van der Waals surface area contributed by atoms with Gasteiger partial charge < -0.3 is 20.1 Å². The third-order valence-corrected chi connectivity index (χ3v) is 6.91. The highest BCUT2D eigenvalue weighted by molar-refractivity contribution is 8.01. The summed E-state index contributed by atoms with van der Waals surface area (Å²) in [4.78, 5) is 29.7. The summed E-state index contributed by atoms with van der Waals surface area (Å²) in [6.45, 7) is 0. The minimum absolute atomic E-state index is 0.00451. The number of nitrogens with one attached hydrogen (secondary N) is 2. The molecule has 166 valence electrons. The Balaban J connectivity index is 1.55. The number of carbonyl (C=O) groups excluding carboxylic acids is 2. The molecule has 0 spiro atoms. The Morgan fingerprint density at radius 1 is 1.09 bits per heavy atom. The van der Waals surface area contributed by atoms with Crippen LogP contribution in [0.15, 0.2) is 52.9 Å². The fourth-order valence-electron chi connectivity index (χ4n) is 3.02. The van der Waals surface area contributed by atoms with Crippen LogP contribution in [0.25, 0.3) is 11.3 Å². The van der Waals surface area contributed by atoms with Gasteiger partial charge in [0, 0.05) is 17.2 Å². The molecule has 0 aliphatic heterocycles. The van der Waals surface area contributed by atoms with Crippen molar-refractivity contribution in [3.63, 3.8) is 0 Å². The predicted octanol–water partition coefficient (Wildman–Crippen LogP) is 4.45. The summed E-state index contributed by atoms with van der Waals surface area (Å²) in [7, 11) is 3.07. The SMILES string of the molecule is COc1ccc(C(=O)Nc2sc(SCC(=O)NC3CC3)nc2-c2ccccc2)cc1OC. The number of hydrogen-bond donors (Lipinski definition) is 2. The summed E-state index contributed by atoms with van der Waals surface area (Å²) in [5.41, 5.74) is 2.00. The maximum Gasteiger partial charge on any atom is 0.256 e. The van der Waals surface area contributed by atoms with Crippen molar-refractivity contribution in [2.45, 2.75) is 23.2 Å². The number of methoxy groups -OCH3 is 2. The average Bonchev–Trinajstić information content (AvgIpc) is 3.55. The van der Waals surface area contributed by atoms with Crippen LogP contribution in [-0.4, -0.2) is 42.8 Å². The zero-order valence-electron chi connectivity index (χ0n) is 17.7. The van der Waals surface area contributed by atoms with Gasteiger partial charge in [-0.2, -0.15) is 0 Å². The molecular formula is C23H23N3O4S2. The standard InChI is InChI=1S/C23H23N3O4S2/c1-29-17-11-8-15(12-18(17)30-2)21(28)26-22-20(14-6-4-3-5-7-14)25-23(32-22)31-13-19(27)24-16-9-10-16/h3-8,11-12,16H,9-10,13H2,1-2H3,(H,24,27)(H,26,28). The topological polar surface area (TPSA) is 89.5 Å². The monoisotopic (exact) mass is 469 g/mol. The second-order valence-corrected chi connectivity index (χ2v) is 9.40. The Bertz CT molecular complexity index is 1110. The molecule has 0 unspecified atom stereocenters. The largest absolute Gasteiger partial charge is 0.493 e. The van der Waals surface area contributed by atoms with E-state index in [4.69, 9.17) is 14.5 Å². The number of thioether (sulfide) groups is 1. The lowest BCUT2D eigenvalue weighted by Gasteiger charge is -2.10. The van der Waals surface area contributed by atoms with E-state index in [0.717, 1.165) is 22.7 Å². The number of carbonyl (C=O) groups is 2. The molecule has 0 saturated heterocycles. The van der Waals surface area contributed by atoms with E-state index in [0.29, 0.717) is 39.6 Å². The van der Waals surface area contributed by atoms with E-state index < -0.39 is 0 Å². The molecule has 2 N–H and O–H groups in total. The number of rotatable bonds is 9. The summed E-state index contributed by atoms with van der Waals surface area (Å²) in [5, 5.41) is 6.57. The van der Waals surface area contributed by atoms with Crippen LogP contribution in [0, 0.1) is 0 Å². The van der Waals surface area contributed by atoms with Gasteiger partial charge in [-0.15, -0.1) is 0 Å². The number of thiazole rings is 1. The Morgan fingerprint density at radius 3 is 2.53 bits per heavy atom. The van der Waals surface area contributed by atoms with Crippen molar-refractivity contribution in [3.8, 4) is 22.8 Å². The molecule has 2 aromatic carbocycles. The minimum atomic E-state index is -0.283. The quantitative estimate of drug-likeness (QED) is 0.450. The van der Waals surface area contributed by atoms with Crippen molar-refractivity contribution in [1.82, 2.24) is 10.3 Å². The first kappa shape index (κ1) is 22.2. The number of aromatic nitrogens is 1. The molecule has 0 atom stereocenters. The third-order valence-electron chi connectivity index (χ3n) is 4.80. The first-order chi connectivity index (χ1) is 15.6. The highest BCUT2D eigenvalue weighted by Gasteiger charge is 2.24. The summed E-state index contributed by atoms with van der Waals surface area (Å²) >= 11 is 2.72. The van der Waals surface area contributed by atoms with Crippen LogP contribution in [-0.2, 0) is 4.79 Å². The van der Waals surface area contributed by atoms with E-state index >= 15 is 0 Å². The molecule has 1 saturated carbocycles. The third kappa shape index (κ3) is 5.41. The van der Waals surface area contributed by atoms with Crippen molar-refractivity contribution >= 4 is 39.9 Å². The average molecular weight is 470 g/mol. The van der Waals surface area contributed by atoms with Crippen LogP contribution in [0.3, 0.4) is 0 Å². The lowest BCUT2D eigenvalue weighted by atomic mass is 10.1. The molecule has 1 aromatic heterocycles. The summed E-state index contributed by atoms with van der Waals surface area (Å²) in [6, 6.07) is 15.0. The van der Waals surface area contributed by atoms with Crippen molar-refractivity contribution in [2.24, 2.45) is 0 Å². The van der Waals surface area contributed by atoms with Crippen LogP contribution >= 0.6 is 23.1 Å². The van der Waals surface area contributed by atoms with Gasteiger partial charge in [-0.05, 0) is 31.0 Å². The molecule has 1 aliphatic carbocycles. The Kier molecular flexibility index (Phi) is 6.96. The van der Waals surface area contributed by atoms with Crippen LogP contribution in [0.1, 0.15) is 23.2 Å². The van der Waals surface area contributed by atoms with Crippen LogP contribution < -0.4 is 20.1 Å². The zero-order chi connectivity index (χ0) is 22.5. The highest BCUT2D eigenvalue weighted by Crippen LogP contribution is 2.38. The van der Waals surface area contributed by atoms with Crippen molar-refractivity contribution < 1.29 is 19.1 Å². The lowest BCUT2D eigenvalue weighted by molar-refractivity contribution is -0.118. The van der Waals surface area contributed by atoms with E-state index in [2.05, 4.69) is 10.6 Å². The molecule has 1 heterocycles. The maximum absolute atomic E-state index is 13.0. The van der Waals surface area contributed by atoms with Crippen LogP contribution in [0.5, 0.6) is 11.5 Å². The Labute approximate surface area is 194 Å². The van der Waals surface area contributed by atoms with Gasteiger partial charge in [0.25, 0.3) is 5.91 Å². The molecule has 0 radical (unpaired) electrons. The molecule has 3 aromatic rings. The molecule has 0 bridgehead atoms. The molecule has 32 heavy (non-hydrogen) atoms. The summed E-state index contributed by atoms with van der Waals surface area (Å²) in [6.07, 6.45) is 2.11. The van der Waals surface area contributed by atoms with Gasteiger partial charge in [-0.3, -0.25) is 9.59 Å². The first-order valence-corrected chi connectivity index (χ1v) is 11.9. The van der Waals surface area contributed by atoms with Gasteiger partial charge in [-0.1, -0.05) is 53.4 Å². The first-order valence-electron chi connectivity index (χ1n) is 10.1. The van der Waals surface area contributed by atoms with E-state index in [-0.39, 0.29) is 11.8 Å². The Morgan fingerprint density at radius 2 is 1.84 bits per heavy atom. The van der Waals surface area contributed by atoms with Crippen molar-refractivity contribution in [1.29, 1.82) is 0 Å². The fraction of sp³-hybridized carbons (Fsp3) is 0.261. The smallest absolute Gasteiger partial charge is 0.256 e. The highest BCUT2D eigenvalue weighted by atomic mass is 32.2. The van der Waals surface area contributed by atoms with Crippen LogP contribution in [0.4, 0.5) is 5.00 Å². The van der Waals surface area contributed by atoms with E-state index in [1.165, 1.54) is 30.2 Å². The van der Waals surface area contributed by atoms with Crippen molar-refractivity contribution in [2.75, 3.05) is 25.3 Å². The molecule has 2 amide bonds. The lowest BCUT2D eigenvalue weighted by Crippen LogP contribution is -2.26. The second kappa shape index (κ2) is 10.1. The number of anilines is 1. The normalized spacial score (nSPS) is 12.8. The predicted molar refractivity (Wildman–Crippen MR) is 127 cm³/mol. The Hall–Kier alpha value is -3.04. The maximum atomic E-state index is 13.0. The molecular weight excluding hydrogens is 446 g/mol. The molecule has 7 nitrogen and oxygen atoms in total. The zero-order valence-corrected chi connectivity index (χ0v) is 19.3. The molecule has 1 fully saturated rings. The van der Waals surface area contributed by atoms with E-state index in [9.17, 15) is 9.59 Å². The number of amides is 2. The molecule has 4 rings (SSSR count). The van der Waals surface area contributed by atoms with E-state index in [1.807, 2.05) is 30.3 Å². The number of benzene rings is 2. The number of nitrogens with zero attached hydrogens (tertiary/aromatic N) is 1. The number of hydrogen-bond acceptors (Lipinski definition) is 7. The van der Waals surface area contributed by atoms with Crippen molar-refractivity contribution in [3.05, 3.63) is 54.1 Å². The number of ether oxygens (including phenoxy) is 2. The van der Waals surface area contributed by atoms with Crippen LogP contribution in [0.2, 0.25) is 0 Å². The summed E-state index contributed by atoms with van der Waals surface area (Å²) < 4.78 is 11.3. The second-order valence-electron chi connectivity index (χ2n) is 7.18. The van der Waals surface area contributed by atoms with Gasteiger partial charge in [-0.25, -0.2) is 4.98 Å². The summed E-state index contributed by atoms with van der Waals surface area (Å²) in [5.74, 6) is 1.04. The van der Waals surface area contributed by atoms with Gasteiger partial charge in [0.15, 0.2) is 15.8 Å². The minimum Gasteiger partial charge on any atom is -0.493 e. The fourth-order valence-corrected chi connectivity index (χ4v) is 4.89.